The zero-order chi connectivity index (χ0) is 10.1. The van der Waals surface area contributed by atoms with Crippen LogP contribution in [0.25, 0.3) is 0 Å². The third-order valence-corrected chi connectivity index (χ3v) is 2.65. The van der Waals surface area contributed by atoms with Gasteiger partial charge in [-0.25, -0.2) is 0 Å². The minimum absolute atomic E-state index is 0.530. The molecule has 0 heterocycles. The molecule has 0 amide bonds. The van der Waals surface area contributed by atoms with Crippen LogP contribution in [0.2, 0.25) is 0 Å². The van der Waals surface area contributed by atoms with Crippen LogP contribution in [0.1, 0.15) is 46.5 Å². The van der Waals surface area contributed by atoms with Gasteiger partial charge in [0.25, 0.3) is 0 Å². The van der Waals surface area contributed by atoms with E-state index < -0.39 is 0 Å². The van der Waals surface area contributed by atoms with E-state index in [0.717, 1.165) is 6.29 Å². The fourth-order valence-corrected chi connectivity index (χ4v) is 1.39. The molecule has 0 saturated carbocycles. The van der Waals surface area contributed by atoms with Crippen LogP contribution in [0.4, 0.5) is 0 Å². The molecule has 0 aromatic carbocycles. The van der Waals surface area contributed by atoms with Gasteiger partial charge in [-0.2, -0.15) is 0 Å². The van der Waals surface area contributed by atoms with Crippen LogP contribution in [0.3, 0.4) is 0 Å². The van der Waals surface area contributed by atoms with Crippen molar-refractivity contribution < 1.29 is 4.79 Å². The van der Waals surface area contributed by atoms with E-state index in [1.807, 2.05) is 6.08 Å². The monoisotopic (exact) mass is 182 g/mol. The summed E-state index contributed by atoms with van der Waals surface area (Å²) in [7, 11) is 0. The fourth-order valence-electron chi connectivity index (χ4n) is 1.39. The van der Waals surface area contributed by atoms with Crippen LogP contribution >= 0.6 is 0 Å². The maximum Gasteiger partial charge on any atom is 0.142 e. The molecule has 0 aliphatic heterocycles. The van der Waals surface area contributed by atoms with E-state index in [4.69, 9.17) is 0 Å². The molecule has 0 fully saturated rings. The highest BCUT2D eigenvalue weighted by Gasteiger charge is 2.07. The van der Waals surface area contributed by atoms with E-state index >= 15 is 0 Å². The molecule has 76 valence electrons. The van der Waals surface area contributed by atoms with E-state index in [9.17, 15) is 4.79 Å². The number of unbranched alkanes of at least 4 members (excludes halogenated alkanes) is 2. The van der Waals surface area contributed by atoms with Crippen molar-refractivity contribution in [3.8, 4) is 0 Å². The van der Waals surface area contributed by atoms with Crippen LogP contribution in [-0.4, -0.2) is 6.29 Å². The Hall–Kier alpha value is -0.590. The van der Waals surface area contributed by atoms with E-state index in [1.165, 1.54) is 25.7 Å². The molecule has 0 rings (SSSR count). The lowest BCUT2D eigenvalue weighted by atomic mass is 9.90. The molecule has 1 heteroatoms. The molecule has 0 aromatic heterocycles. The Balaban J connectivity index is 3.61. The zero-order valence-electron chi connectivity index (χ0n) is 9.12. The van der Waals surface area contributed by atoms with Crippen LogP contribution < -0.4 is 0 Å². The van der Waals surface area contributed by atoms with E-state index in [2.05, 4.69) is 20.8 Å². The van der Waals surface area contributed by atoms with Gasteiger partial charge in [0.05, 0.1) is 0 Å². The molecule has 0 saturated heterocycles. The summed E-state index contributed by atoms with van der Waals surface area (Å²) in [6.07, 6.45) is 9.68. The summed E-state index contributed by atoms with van der Waals surface area (Å²) < 4.78 is 0. The first-order valence-corrected chi connectivity index (χ1v) is 5.34. The first kappa shape index (κ1) is 12.4. The van der Waals surface area contributed by atoms with Crippen molar-refractivity contribution in [2.45, 2.75) is 46.5 Å². The second-order valence-corrected chi connectivity index (χ2v) is 3.85. The van der Waals surface area contributed by atoms with Crippen molar-refractivity contribution in [1.82, 2.24) is 0 Å². The predicted octanol–water partition coefficient (Wildman–Crippen LogP) is 3.59. The van der Waals surface area contributed by atoms with Gasteiger partial charge in [0, 0.05) is 0 Å². The highest BCUT2D eigenvalue weighted by Crippen LogP contribution is 2.19. The molecule has 0 bridgehead atoms. The molecule has 0 N–H and O–H groups in total. The summed E-state index contributed by atoms with van der Waals surface area (Å²) in [6.45, 7) is 6.66. The SMILES string of the molecule is CCCCCC(C)C(C)/C=C/C=O. The number of hydrogen-bond acceptors (Lipinski definition) is 1. The first-order valence-electron chi connectivity index (χ1n) is 5.34. The normalized spacial score (nSPS) is 15.9. The lowest BCUT2D eigenvalue weighted by molar-refractivity contribution is -0.104. The predicted molar refractivity (Wildman–Crippen MR) is 57.7 cm³/mol. The molecule has 2 unspecified atom stereocenters. The Morgan fingerprint density at radius 1 is 1.23 bits per heavy atom. The van der Waals surface area contributed by atoms with E-state index in [-0.39, 0.29) is 0 Å². The number of aldehydes is 1. The van der Waals surface area contributed by atoms with E-state index in [0.29, 0.717) is 11.8 Å². The van der Waals surface area contributed by atoms with Crippen LogP contribution in [0.5, 0.6) is 0 Å². The Labute approximate surface area is 82.2 Å². The molecular weight excluding hydrogens is 160 g/mol. The summed E-state index contributed by atoms with van der Waals surface area (Å²) in [5.41, 5.74) is 0. The van der Waals surface area contributed by atoms with Gasteiger partial charge in [0.15, 0.2) is 0 Å². The molecule has 13 heavy (non-hydrogen) atoms. The standard InChI is InChI=1S/C12H22O/c1-4-5-6-8-11(2)12(3)9-7-10-13/h7,9-12H,4-6,8H2,1-3H3/b9-7+. The first-order chi connectivity index (χ1) is 6.22. The lowest BCUT2D eigenvalue weighted by Gasteiger charge is -2.15. The summed E-state index contributed by atoms with van der Waals surface area (Å²) in [6, 6.07) is 0. The molecule has 1 nitrogen and oxygen atoms in total. The van der Waals surface area contributed by atoms with Gasteiger partial charge in [-0.3, -0.25) is 4.79 Å². The van der Waals surface area contributed by atoms with Crippen molar-refractivity contribution in [1.29, 1.82) is 0 Å². The van der Waals surface area contributed by atoms with Gasteiger partial charge in [0.2, 0.25) is 0 Å². The number of allylic oxidation sites excluding steroid dienone is 2. The topological polar surface area (TPSA) is 17.1 Å². The molecule has 0 aliphatic carbocycles. The van der Waals surface area contributed by atoms with Crippen molar-refractivity contribution in [2.75, 3.05) is 0 Å². The quantitative estimate of drug-likeness (QED) is 0.334. The Bertz CT molecular complexity index is 149. The molecule has 0 spiro atoms. The fraction of sp³-hybridized carbons (Fsp3) is 0.750. The zero-order valence-corrected chi connectivity index (χ0v) is 9.12. The largest absolute Gasteiger partial charge is 0.299 e. The van der Waals surface area contributed by atoms with Crippen molar-refractivity contribution >= 4 is 6.29 Å². The minimum Gasteiger partial charge on any atom is -0.299 e. The molecule has 2 atom stereocenters. The maximum atomic E-state index is 10.1. The van der Waals surface area contributed by atoms with Gasteiger partial charge in [-0.05, 0) is 17.9 Å². The average molecular weight is 182 g/mol. The van der Waals surface area contributed by atoms with Crippen molar-refractivity contribution in [3.05, 3.63) is 12.2 Å². The third kappa shape index (κ3) is 6.56. The lowest BCUT2D eigenvalue weighted by Crippen LogP contribution is -2.05. The molecule has 0 radical (unpaired) electrons. The summed E-state index contributed by atoms with van der Waals surface area (Å²) in [5, 5.41) is 0. The Morgan fingerprint density at radius 3 is 2.46 bits per heavy atom. The number of hydrogen-bond donors (Lipinski definition) is 0. The van der Waals surface area contributed by atoms with Crippen LogP contribution in [-0.2, 0) is 4.79 Å². The van der Waals surface area contributed by atoms with Gasteiger partial charge in [0.1, 0.15) is 6.29 Å². The maximum absolute atomic E-state index is 10.1. The summed E-state index contributed by atoms with van der Waals surface area (Å²) in [5.74, 6) is 1.23. The van der Waals surface area contributed by atoms with Crippen molar-refractivity contribution in [3.63, 3.8) is 0 Å². The Kier molecular flexibility index (Phi) is 7.66. The summed E-state index contributed by atoms with van der Waals surface area (Å²) in [4.78, 5) is 10.1. The second kappa shape index (κ2) is 8.03. The highest BCUT2D eigenvalue weighted by molar-refractivity contribution is 5.64. The number of carbonyl (C=O) groups excluding carboxylic acids is 1. The van der Waals surface area contributed by atoms with Gasteiger partial charge in [-0.1, -0.05) is 52.5 Å². The van der Waals surface area contributed by atoms with Crippen molar-refractivity contribution in [2.24, 2.45) is 11.8 Å². The van der Waals surface area contributed by atoms with Crippen LogP contribution in [0.15, 0.2) is 12.2 Å². The highest BCUT2D eigenvalue weighted by atomic mass is 16.1. The number of carbonyl (C=O) groups is 1. The van der Waals surface area contributed by atoms with Gasteiger partial charge in [-0.15, -0.1) is 0 Å². The van der Waals surface area contributed by atoms with Gasteiger partial charge >= 0.3 is 0 Å². The van der Waals surface area contributed by atoms with Crippen LogP contribution in [0, 0.1) is 11.8 Å². The Morgan fingerprint density at radius 2 is 1.92 bits per heavy atom. The van der Waals surface area contributed by atoms with E-state index in [1.54, 1.807) is 6.08 Å². The number of rotatable bonds is 7. The third-order valence-electron chi connectivity index (χ3n) is 2.65. The molecule has 0 aliphatic rings. The summed E-state index contributed by atoms with van der Waals surface area (Å²) >= 11 is 0. The second-order valence-electron chi connectivity index (χ2n) is 3.85. The average Bonchev–Trinajstić information content (AvgIpc) is 2.14. The molecular formula is C12H22O. The minimum atomic E-state index is 0.530. The molecule has 0 aromatic rings. The smallest absolute Gasteiger partial charge is 0.142 e. The van der Waals surface area contributed by atoms with Gasteiger partial charge < -0.3 is 0 Å².